The van der Waals surface area contributed by atoms with Gasteiger partial charge in [-0.2, -0.15) is 0 Å². The lowest BCUT2D eigenvalue weighted by Gasteiger charge is -2.21. The van der Waals surface area contributed by atoms with Crippen LogP contribution in [-0.4, -0.2) is 20.2 Å². The van der Waals surface area contributed by atoms with Gasteiger partial charge >= 0.3 is 0 Å². The van der Waals surface area contributed by atoms with Crippen molar-refractivity contribution in [1.29, 1.82) is 0 Å². The third-order valence-corrected chi connectivity index (χ3v) is 4.20. The molecule has 0 heterocycles. The van der Waals surface area contributed by atoms with Crippen LogP contribution in [0.2, 0.25) is 0 Å². The molecular formula is C17H27NO. The van der Waals surface area contributed by atoms with Gasteiger partial charge in [0.15, 0.2) is 0 Å². The monoisotopic (exact) mass is 261 g/mol. The lowest BCUT2D eigenvalue weighted by molar-refractivity contribution is 0.334. The van der Waals surface area contributed by atoms with Crippen LogP contribution < -0.4 is 10.1 Å². The molecule has 1 aliphatic rings. The molecular weight excluding hydrogens is 234 g/mol. The second-order valence-electron chi connectivity index (χ2n) is 5.64. The van der Waals surface area contributed by atoms with E-state index < -0.39 is 0 Å². The molecule has 0 aliphatic heterocycles. The van der Waals surface area contributed by atoms with Crippen molar-refractivity contribution in [1.82, 2.24) is 5.32 Å². The number of rotatable bonds is 7. The van der Waals surface area contributed by atoms with Gasteiger partial charge in [0.05, 0.1) is 7.11 Å². The molecule has 1 N–H and O–H groups in total. The third-order valence-electron chi connectivity index (χ3n) is 4.20. The van der Waals surface area contributed by atoms with Crippen molar-refractivity contribution in [2.45, 2.75) is 44.9 Å². The van der Waals surface area contributed by atoms with E-state index in [1.54, 1.807) is 7.11 Å². The van der Waals surface area contributed by atoms with Crippen LogP contribution in [0, 0.1) is 5.92 Å². The number of methoxy groups -OCH3 is 1. The summed E-state index contributed by atoms with van der Waals surface area (Å²) in [6.07, 6.45) is 9.76. The van der Waals surface area contributed by atoms with Crippen LogP contribution in [0.4, 0.5) is 0 Å². The van der Waals surface area contributed by atoms with Crippen LogP contribution in [0.1, 0.15) is 44.1 Å². The minimum absolute atomic E-state index is 0.939. The molecule has 106 valence electrons. The van der Waals surface area contributed by atoms with Gasteiger partial charge in [0, 0.05) is 0 Å². The van der Waals surface area contributed by atoms with E-state index in [4.69, 9.17) is 4.74 Å². The molecule has 0 amide bonds. The number of hydrogen-bond acceptors (Lipinski definition) is 2. The van der Waals surface area contributed by atoms with E-state index in [2.05, 4.69) is 17.4 Å². The minimum atomic E-state index is 0.939. The lowest BCUT2D eigenvalue weighted by Crippen LogP contribution is -2.21. The molecule has 1 aromatic rings. The Kier molecular flexibility index (Phi) is 6.22. The summed E-state index contributed by atoms with van der Waals surface area (Å²) in [6.45, 7) is 2.26. The summed E-state index contributed by atoms with van der Waals surface area (Å²) in [7, 11) is 1.71. The number of nitrogens with one attached hydrogen (secondary N) is 1. The highest BCUT2D eigenvalue weighted by Crippen LogP contribution is 2.25. The fraction of sp³-hybridized carbons (Fsp3) is 0.647. The number of ether oxygens (including phenoxy) is 1. The average Bonchev–Trinajstić information content (AvgIpc) is 2.49. The van der Waals surface area contributed by atoms with Crippen LogP contribution in [0.25, 0.3) is 0 Å². The SMILES string of the molecule is COc1ccc(CCNCCC2CCCCC2)cc1. The molecule has 19 heavy (non-hydrogen) atoms. The van der Waals surface area contributed by atoms with E-state index in [0.29, 0.717) is 0 Å². The van der Waals surface area contributed by atoms with Gasteiger partial charge in [-0.1, -0.05) is 44.2 Å². The molecule has 0 bridgehead atoms. The first-order valence-corrected chi connectivity index (χ1v) is 7.72. The Morgan fingerprint density at radius 2 is 1.79 bits per heavy atom. The topological polar surface area (TPSA) is 21.3 Å². The maximum Gasteiger partial charge on any atom is 0.118 e. The molecule has 0 unspecified atom stereocenters. The smallest absolute Gasteiger partial charge is 0.118 e. The average molecular weight is 261 g/mol. The van der Waals surface area contributed by atoms with Gasteiger partial charge in [0.2, 0.25) is 0 Å². The first-order valence-electron chi connectivity index (χ1n) is 7.72. The predicted octanol–water partition coefficient (Wildman–Crippen LogP) is 3.80. The predicted molar refractivity (Wildman–Crippen MR) is 80.8 cm³/mol. The minimum Gasteiger partial charge on any atom is -0.497 e. The Labute approximate surface area is 117 Å². The van der Waals surface area contributed by atoms with Crippen molar-refractivity contribution < 1.29 is 4.74 Å². The summed E-state index contributed by atoms with van der Waals surface area (Å²) in [5.74, 6) is 1.93. The lowest BCUT2D eigenvalue weighted by atomic mass is 9.87. The fourth-order valence-electron chi connectivity index (χ4n) is 2.93. The molecule has 2 heteroatoms. The maximum absolute atomic E-state index is 5.16. The number of benzene rings is 1. The molecule has 2 rings (SSSR count). The van der Waals surface area contributed by atoms with Crippen LogP contribution in [-0.2, 0) is 6.42 Å². The number of hydrogen-bond donors (Lipinski definition) is 1. The molecule has 1 aromatic carbocycles. The Morgan fingerprint density at radius 1 is 1.05 bits per heavy atom. The highest BCUT2D eigenvalue weighted by molar-refractivity contribution is 5.27. The van der Waals surface area contributed by atoms with E-state index in [9.17, 15) is 0 Å². The summed E-state index contributed by atoms with van der Waals surface area (Å²) in [5, 5.41) is 3.58. The summed E-state index contributed by atoms with van der Waals surface area (Å²) < 4.78 is 5.16. The molecule has 0 radical (unpaired) electrons. The van der Waals surface area contributed by atoms with Gasteiger partial charge in [0.25, 0.3) is 0 Å². The zero-order valence-corrected chi connectivity index (χ0v) is 12.2. The molecule has 1 fully saturated rings. The first-order chi connectivity index (χ1) is 9.38. The normalized spacial score (nSPS) is 16.5. The Morgan fingerprint density at radius 3 is 2.47 bits per heavy atom. The standard InChI is InChI=1S/C17H27NO/c1-19-17-9-7-16(8-10-17)12-14-18-13-11-15-5-3-2-4-6-15/h7-10,15,18H,2-6,11-14H2,1H3. The van der Waals surface area contributed by atoms with E-state index in [0.717, 1.165) is 24.6 Å². The maximum atomic E-state index is 5.16. The van der Waals surface area contributed by atoms with E-state index in [1.807, 2.05) is 12.1 Å². The highest BCUT2D eigenvalue weighted by atomic mass is 16.5. The molecule has 0 spiro atoms. The van der Waals surface area contributed by atoms with Crippen molar-refractivity contribution in [3.63, 3.8) is 0 Å². The van der Waals surface area contributed by atoms with E-state index in [1.165, 1.54) is 50.6 Å². The quantitative estimate of drug-likeness (QED) is 0.754. The second-order valence-corrected chi connectivity index (χ2v) is 5.64. The molecule has 1 saturated carbocycles. The van der Waals surface area contributed by atoms with Crippen molar-refractivity contribution in [3.05, 3.63) is 29.8 Å². The van der Waals surface area contributed by atoms with Crippen molar-refractivity contribution >= 4 is 0 Å². The highest BCUT2D eigenvalue weighted by Gasteiger charge is 2.12. The molecule has 0 saturated heterocycles. The Balaban J connectivity index is 1.55. The van der Waals surface area contributed by atoms with Crippen LogP contribution >= 0.6 is 0 Å². The summed E-state index contributed by atoms with van der Waals surface area (Å²) in [4.78, 5) is 0. The molecule has 2 nitrogen and oxygen atoms in total. The molecule has 0 atom stereocenters. The van der Waals surface area contributed by atoms with E-state index in [-0.39, 0.29) is 0 Å². The zero-order chi connectivity index (χ0) is 13.3. The van der Waals surface area contributed by atoms with Crippen LogP contribution in [0.3, 0.4) is 0 Å². The van der Waals surface area contributed by atoms with Crippen molar-refractivity contribution in [2.24, 2.45) is 5.92 Å². The van der Waals surface area contributed by atoms with E-state index >= 15 is 0 Å². The summed E-state index contributed by atoms with van der Waals surface area (Å²) in [6, 6.07) is 8.39. The van der Waals surface area contributed by atoms with Gasteiger partial charge in [-0.3, -0.25) is 0 Å². The van der Waals surface area contributed by atoms with Crippen molar-refractivity contribution in [2.75, 3.05) is 20.2 Å². The molecule has 0 aromatic heterocycles. The van der Waals surface area contributed by atoms with Gasteiger partial charge < -0.3 is 10.1 Å². The van der Waals surface area contributed by atoms with Gasteiger partial charge in [0.1, 0.15) is 5.75 Å². The molecule has 1 aliphatic carbocycles. The first kappa shape index (κ1) is 14.4. The Hall–Kier alpha value is -1.02. The van der Waals surface area contributed by atoms with Gasteiger partial charge in [-0.05, 0) is 49.5 Å². The summed E-state index contributed by atoms with van der Waals surface area (Å²) >= 11 is 0. The van der Waals surface area contributed by atoms with Gasteiger partial charge in [-0.15, -0.1) is 0 Å². The van der Waals surface area contributed by atoms with Crippen LogP contribution in [0.15, 0.2) is 24.3 Å². The Bertz CT molecular complexity index is 341. The van der Waals surface area contributed by atoms with Gasteiger partial charge in [-0.25, -0.2) is 0 Å². The zero-order valence-electron chi connectivity index (χ0n) is 12.2. The fourth-order valence-corrected chi connectivity index (χ4v) is 2.93. The summed E-state index contributed by atoms with van der Waals surface area (Å²) in [5.41, 5.74) is 1.38. The van der Waals surface area contributed by atoms with Crippen molar-refractivity contribution in [3.8, 4) is 5.75 Å². The van der Waals surface area contributed by atoms with Crippen LogP contribution in [0.5, 0.6) is 5.75 Å². The third kappa shape index (κ3) is 5.23. The largest absolute Gasteiger partial charge is 0.497 e. The second kappa shape index (κ2) is 8.21.